The molecule has 1 aliphatic carbocycles. The highest BCUT2D eigenvalue weighted by molar-refractivity contribution is 5.94. The Kier molecular flexibility index (Phi) is 7.92. The molecule has 0 unspecified atom stereocenters. The first-order valence-electron chi connectivity index (χ1n) is 10.3. The van der Waals surface area contributed by atoms with Crippen LogP contribution in [0.3, 0.4) is 0 Å². The fourth-order valence-corrected chi connectivity index (χ4v) is 2.82. The number of hydrogen-bond donors (Lipinski definition) is 3. The summed E-state index contributed by atoms with van der Waals surface area (Å²) in [7, 11) is 0. The maximum atomic E-state index is 12.1. The normalized spacial score (nSPS) is 13.6. The van der Waals surface area contributed by atoms with Crippen molar-refractivity contribution in [2.24, 2.45) is 10.9 Å². The highest BCUT2D eigenvalue weighted by atomic mass is 16.5. The summed E-state index contributed by atoms with van der Waals surface area (Å²) in [5, 5.41) is 9.41. The largest absolute Gasteiger partial charge is 0.493 e. The van der Waals surface area contributed by atoms with Crippen LogP contribution in [0.1, 0.15) is 35.7 Å². The van der Waals surface area contributed by atoms with Crippen molar-refractivity contribution in [2.45, 2.75) is 26.3 Å². The zero-order valence-electron chi connectivity index (χ0n) is 17.0. The summed E-state index contributed by atoms with van der Waals surface area (Å²) in [5.41, 5.74) is 1.73. The number of benzene rings is 2. The van der Waals surface area contributed by atoms with E-state index >= 15 is 0 Å². The average molecular weight is 395 g/mol. The van der Waals surface area contributed by atoms with Gasteiger partial charge >= 0.3 is 0 Å². The molecular weight excluding hydrogens is 364 g/mol. The molecule has 2 aromatic carbocycles. The molecule has 0 aliphatic heterocycles. The number of rotatable bonds is 10. The van der Waals surface area contributed by atoms with E-state index in [9.17, 15) is 4.79 Å². The lowest BCUT2D eigenvalue weighted by molar-refractivity contribution is 0.0954. The molecule has 0 saturated heterocycles. The Morgan fingerprint density at radius 3 is 2.48 bits per heavy atom. The molecule has 3 N–H and O–H groups in total. The van der Waals surface area contributed by atoms with Crippen LogP contribution >= 0.6 is 0 Å². The third kappa shape index (κ3) is 7.14. The summed E-state index contributed by atoms with van der Waals surface area (Å²) in [5.74, 6) is 2.28. The average Bonchev–Trinajstić information content (AvgIpc) is 3.59. The highest BCUT2D eigenvalue weighted by Crippen LogP contribution is 2.30. The maximum absolute atomic E-state index is 12.1. The second-order valence-electron chi connectivity index (χ2n) is 7.11. The van der Waals surface area contributed by atoms with Gasteiger partial charge in [0.25, 0.3) is 5.91 Å². The molecule has 0 heterocycles. The molecule has 1 aliphatic rings. The summed E-state index contributed by atoms with van der Waals surface area (Å²) in [6.07, 6.45) is 2.55. The second kappa shape index (κ2) is 11.1. The Morgan fingerprint density at radius 2 is 1.72 bits per heavy atom. The summed E-state index contributed by atoms with van der Waals surface area (Å²) in [6, 6.07) is 17.3. The Hall–Kier alpha value is -3.02. The number of carbonyl (C=O) groups excluding carboxylic acids is 1. The van der Waals surface area contributed by atoms with Crippen LogP contribution in [0.4, 0.5) is 0 Å². The van der Waals surface area contributed by atoms with E-state index in [0.29, 0.717) is 25.2 Å². The topological polar surface area (TPSA) is 74.8 Å². The number of carbonyl (C=O) groups is 1. The van der Waals surface area contributed by atoms with Crippen LogP contribution in [0.5, 0.6) is 5.75 Å². The van der Waals surface area contributed by atoms with Crippen LogP contribution < -0.4 is 20.7 Å². The van der Waals surface area contributed by atoms with Gasteiger partial charge in [-0.3, -0.25) is 4.79 Å². The van der Waals surface area contributed by atoms with Gasteiger partial charge in [-0.25, -0.2) is 4.99 Å². The third-order valence-electron chi connectivity index (χ3n) is 4.63. The van der Waals surface area contributed by atoms with E-state index in [1.54, 1.807) is 12.1 Å². The smallest absolute Gasteiger partial charge is 0.251 e. The molecule has 1 fully saturated rings. The van der Waals surface area contributed by atoms with Crippen LogP contribution in [-0.4, -0.2) is 38.1 Å². The fraction of sp³-hybridized carbons (Fsp3) is 0.391. The molecule has 0 radical (unpaired) electrons. The van der Waals surface area contributed by atoms with E-state index in [-0.39, 0.29) is 5.91 Å². The van der Waals surface area contributed by atoms with Gasteiger partial charge in [0.15, 0.2) is 5.96 Å². The van der Waals surface area contributed by atoms with Gasteiger partial charge in [-0.05, 0) is 43.9 Å². The number of para-hydroxylation sites is 1. The van der Waals surface area contributed by atoms with E-state index in [1.807, 2.05) is 43.3 Å². The Labute approximate surface area is 172 Å². The molecule has 2 aromatic rings. The van der Waals surface area contributed by atoms with Crippen molar-refractivity contribution in [1.82, 2.24) is 16.0 Å². The van der Waals surface area contributed by atoms with Crippen molar-refractivity contribution in [1.29, 1.82) is 0 Å². The molecule has 0 bridgehead atoms. The highest BCUT2D eigenvalue weighted by Gasteiger charge is 2.22. The van der Waals surface area contributed by atoms with Crippen molar-refractivity contribution in [3.05, 3.63) is 65.7 Å². The summed E-state index contributed by atoms with van der Waals surface area (Å²) < 4.78 is 5.96. The predicted octanol–water partition coefficient (Wildman–Crippen LogP) is 2.96. The fourth-order valence-electron chi connectivity index (χ4n) is 2.82. The molecule has 1 amide bonds. The first-order valence-corrected chi connectivity index (χ1v) is 10.3. The molecule has 0 spiro atoms. The van der Waals surface area contributed by atoms with Gasteiger partial charge < -0.3 is 20.7 Å². The van der Waals surface area contributed by atoms with Crippen molar-refractivity contribution in [3.63, 3.8) is 0 Å². The number of guanidine groups is 1. The molecule has 29 heavy (non-hydrogen) atoms. The maximum Gasteiger partial charge on any atom is 0.251 e. The van der Waals surface area contributed by atoms with Crippen LogP contribution in [0.2, 0.25) is 0 Å². The lowest BCUT2D eigenvalue weighted by Crippen LogP contribution is -2.41. The lowest BCUT2D eigenvalue weighted by atomic mass is 10.2. The minimum Gasteiger partial charge on any atom is -0.493 e. The van der Waals surface area contributed by atoms with E-state index < -0.39 is 0 Å². The summed E-state index contributed by atoms with van der Waals surface area (Å²) in [6.45, 7) is 5.22. The molecule has 0 atom stereocenters. The predicted molar refractivity (Wildman–Crippen MR) is 116 cm³/mol. The van der Waals surface area contributed by atoms with Crippen molar-refractivity contribution in [3.8, 4) is 5.75 Å². The van der Waals surface area contributed by atoms with Crippen LogP contribution in [-0.2, 0) is 6.54 Å². The molecule has 1 saturated carbocycles. The van der Waals surface area contributed by atoms with Crippen molar-refractivity contribution in [2.75, 3.05) is 26.2 Å². The Morgan fingerprint density at radius 1 is 1.00 bits per heavy atom. The van der Waals surface area contributed by atoms with Crippen LogP contribution in [0.15, 0.2) is 59.6 Å². The second-order valence-corrected chi connectivity index (χ2v) is 7.11. The van der Waals surface area contributed by atoms with Crippen LogP contribution in [0.25, 0.3) is 0 Å². The zero-order valence-corrected chi connectivity index (χ0v) is 17.0. The standard InChI is InChI=1S/C23H30N4O2/c1-2-24-23(26-15-14-25-22(28)19-8-4-3-5-9-19)27-16-20-10-6-7-11-21(20)29-17-18-12-13-18/h3-11,18H,2,12-17H2,1H3,(H,25,28)(H2,24,26,27). The van der Waals surface area contributed by atoms with Gasteiger partial charge in [-0.1, -0.05) is 36.4 Å². The molecular formula is C23H30N4O2. The third-order valence-corrected chi connectivity index (χ3v) is 4.63. The van der Waals surface area contributed by atoms with Gasteiger partial charge in [0, 0.05) is 30.8 Å². The first kappa shape index (κ1) is 20.7. The van der Waals surface area contributed by atoms with E-state index in [2.05, 4.69) is 27.0 Å². The van der Waals surface area contributed by atoms with E-state index in [4.69, 9.17) is 4.74 Å². The molecule has 3 rings (SSSR count). The minimum atomic E-state index is -0.0731. The van der Waals surface area contributed by atoms with Crippen molar-refractivity contribution < 1.29 is 9.53 Å². The first-order chi connectivity index (χ1) is 14.3. The Balaban J connectivity index is 1.47. The number of hydrogen-bond acceptors (Lipinski definition) is 3. The lowest BCUT2D eigenvalue weighted by Gasteiger charge is -2.13. The van der Waals surface area contributed by atoms with Gasteiger partial charge in [-0.2, -0.15) is 0 Å². The molecule has 0 aromatic heterocycles. The quantitative estimate of drug-likeness (QED) is 0.329. The monoisotopic (exact) mass is 394 g/mol. The minimum absolute atomic E-state index is 0.0731. The number of aliphatic imine (C=N–C) groups is 1. The van der Waals surface area contributed by atoms with Crippen LogP contribution in [0, 0.1) is 5.92 Å². The molecule has 6 heteroatoms. The van der Waals surface area contributed by atoms with Gasteiger partial charge in [0.1, 0.15) is 5.75 Å². The number of nitrogens with one attached hydrogen (secondary N) is 3. The number of amides is 1. The van der Waals surface area contributed by atoms with Crippen molar-refractivity contribution >= 4 is 11.9 Å². The Bertz CT molecular complexity index is 804. The van der Waals surface area contributed by atoms with Gasteiger partial charge in [-0.15, -0.1) is 0 Å². The van der Waals surface area contributed by atoms with E-state index in [0.717, 1.165) is 36.3 Å². The molecule has 6 nitrogen and oxygen atoms in total. The zero-order chi connectivity index (χ0) is 20.3. The summed E-state index contributed by atoms with van der Waals surface area (Å²) in [4.78, 5) is 16.7. The van der Waals surface area contributed by atoms with E-state index in [1.165, 1.54) is 12.8 Å². The van der Waals surface area contributed by atoms with Gasteiger partial charge in [0.05, 0.1) is 13.2 Å². The summed E-state index contributed by atoms with van der Waals surface area (Å²) >= 11 is 0. The SMILES string of the molecule is CCNC(=NCc1ccccc1OCC1CC1)NCCNC(=O)c1ccccc1. The van der Waals surface area contributed by atoms with Gasteiger partial charge in [0.2, 0.25) is 0 Å². The number of nitrogens with zero attached hydrogens (tertiary/aromatic N) is 1. The molecule has 154 valence electrons. The number of ether oxygens (including phenoxy) is 1.